The highest BCUT2D eigenvalue weighted by Gasteiger charge is 2.47. The molecular formula is C58H34N2OS3Si. The molecule has 8 aromatic carbocycles. The number of pyridine rings is 2. The lowest BCUT2D eigenvalue weighted by Gasteiger charge is -2.32. The van der Waals surface area contributed by atoms with Gasteiger partial charge >= 0.3 is 0 Å². The Kier molecular flexibility index (Phi) is 8.21. The molecule has 0 radical (unpaired) electrons. The smallest absolute Gasteiger partial charge is 0.227 e. The third kappa shape index (κ3) is 5.57. The van der Waals surface area contributed by atoms with E-state index in [4.69, 9.17) is 14.4 Å². The second-order valence-electron chi connectivity index (χ2n) is 16.8. The zero-order chi connectivity index (χ0) is 42.6. The van der Waals surface area contributed by atoms with Gasteiger partial charge in [0.25, 0.3) is 0 Å². The second kappa shape index (κ2) is 14.4. The fraction of sp³-hybridized carbons (Fsp3) is 0. The van der Waals surface area contributed by atoms with Crippen molar-refractivity contribution >= 4 is 146 Å². The van der Waals surface area contributed by atoms with Crippen molar-refractivity contribution in [2.45, 2.75) is 0 Å². The maximum atomic E-state index is 6.20. The first kappa shape index (κ1) is 37.1. The molecule has 65 heavy (non-hydrogen) atoms. The molecule has 0 N–H and O–H groups in total. The fourth-order valence-corrected chi connectivity index (χ4v) is 19.3. The van der Waals surface area contributed by atoms with E-state index >= 15 is 0 Å². The average Bonchev–Trinajstić information content (AvgIpc) is 4.15. The Hall–Kier alpha value is -7.26. The molecule has 0 fully saturated rings. The van der Waals surface area contributed by atoms with Crippen molar-refractivity contribution < 1.29 is 4.42 Å². The van der Waals surface area contributed by atoms with Crippen molar-refractivity contribution in [3.05, 3.63) is 207 Å². The predicted molar refractivity (Wildman–Crippen MR) is 282 cm³/mol. The summed E-state index contributed by atoms with van der Waals surface area (Å²) >= 11 is 5.58. The fourth-order valence-electron chi connectivity index (χ4n) is 10.3. The molecule has 0 aliphatic rings. The Balaban J connectivity index is 0.993. The number of thiophene rings is 3. The Bertz CT molecular complexity index is 3930. The van der Waals surface area contributed by atoms with Gasteiger partial charge in [-0.2, -0.15) is 0 Å². The third-order valence-corrected chi connectivity index (χ3v) is 21.8. The summed E-state index contributed by atoms with van der Waals surface area (Å²) in [5.41, 5.74) is 6.61. The summed E-state index contributed by atoms with van der Waals surface area (Å²) < 4.78 is 13.8. The molecular weight excluding hydrogens is 865 g/mol. The second-order valence-corrected chi connectivity index (χ2v) is 23.6. The summed E-state index contributed by atoms with van der Waals surface area (Å²) in [6.07, 6.45) is 4.09. The summed E-state index contributed by atoms with van der Waals surface area (Å²) in [4.78, 5) is 11.1. The first-order chi connectivity index (χ1) is 32.2. The lowest BCUT2D eigenvalue weighted by Crippen LogP contribution is -2.76. The van der Waals surface area contributed by atoms with Crippen LogP contribution in [0.5, 0.6) is 0 Å². The van der Waals surface area contributed by atoms with E-state index in [1.807, 2.05) is 58.5 Å². The van der Waals surface area contributed by atoms with Gasteiger partial charge in [0, 0.05) is 74.3 Å². The van der Waals surface area contributed by atoms with Crippen LogP contribution in [0.3, 0.4) is 0 Å². The van der Waals surface area contributed by atoms with E-state index in [1.165, 1.54) is 93.1 Å². The summed E-state index contributed by atoms with van der Waals surface area (Å²) in [5.74, 6) is 0. The van der Waals surface area contributed by atoms with Gasteiger partial charge in [0.05, 0.1) is 20.0 Å². The van der Waals surface area contributed by atoms with Gasteiger partial charge in [-0.15, -0.1) is 34.0 Å². The lowest BCUT2D eigenvalue weighted by atomic mass is 10.0. The van der Waals surface area contributed by atoms with Gasteiger partial charge in [0.1, 0.15) is 11.2 Å². The van der Waals surface area contributed by atoms with E-state index in [9.17, 15) is 0 Å². The van der Waals surface area contributed by atoms with Crippen LogP contribution in [0.15, 0.2) is 211 Å². The van der Waals surface area contributed by atoms with Gasteiger partial charge < -0.3 is 4.42 Å². The number of furan rings is 1. The number of hydrogen-bond donors (Lipinski definition) is 0. The molecule has 0 bridgehead atoms. The quantitative estimate of drug-likeness (QED) is 0.156. The van der Waals surface area contributed by atoms with Crippen LogP contribution < -0.4 is 21.0 Å². The third-order valence-electron chi connectivity index (χ3n) is 13.3. The van der Waals surface area contributed by atoms with Crippen molar-refractivity contribution in [3.63, 3.8) is 0 Å². The van der Waals surface area contributed by atoms with Crippen LogP contribution in [0.25, 0.3) is 105 Å². The minimum Gasteiger partial charge on any atom is -0.456 e. The van der Waals surface area contributed by atoms with E-state index in [2.05, 4.69) is 182 Å². The summed E-state index contributed by atoms with van der Waals surface area (Å²) in [6.45, 7) is 0. The van der Waals surface area contributed by atoms with E-state index < -0.39 is 8.07 Å². The van der Waals surface area contributed by atoms with Crippen LogP contribution in [-0.4, -0.2) is 18.0 Å². The van der Waals surface area contributed by atoms with Gasteiger partial charge in [-0.1, -0.05) is 121 Å². The van der Waals surface area contributed by atoms with Crippen molar-refractivity contribution in [2.75, 3.05) is 0 Å². The highest BCUT2D eigenvalue weighted by atomic mass is 32.1. The Morgan fingerprint density at radius 1 is 0.323 bits per heavy atom. The van der Waals surface area contributed by atoms with Crippen LogP contribution in [0, 0.1) is 0 Å². The number of rotatable bonds is 6. The molecule has 0 aliphatic heterocycles. The molecule has 0 saturated carbocycles. The zero-order valence-corrected chi connectivity index (χ0v) is 38.1. The number of fused-ring (bicyclic) bond motifs is 12. The number of para-hydroxylation sites is 1. The van der Waals surface area contributed by atoms with Crippen LogP contribution in [0.4, 0.5) is 0 Å². The molecule has 0 atom stereocenters. The molecule has 0 spiro atoms. The molecule has 304 valence electrons. The number of hydrogen-bond acceptors (Lipinski definition) is 6. The zero-order valence-electron chi connectivity index (χ0n) is 34.7. The van der Waals surface area contributed by atoms with Gasteiger partial charge in [-0.05, 0) is 105 Å². The normalized spacial score (nSPS) is 12.3. The molecule has 3 nitrogen and oxygen atoms in total. The Morgan fingerprint density at radius 3 is 1.34 bits per heavy atom. The highest BCUT2D eigenvalue weighted by molar-refractivity contribution is 7.33. The molecule has 14 rings (SSSR count). The van der Waals surface area contributed by atoms with Crippen LogP contribution in [0.2, 0.25) is 0 Å². The number of aromatic nitrogens is 2. The molecule has 0 unspecified atom stereocenters. The van der Waals surface area contributed by atoms with Crippen molar-refractivity contribution in [2.24, 2.45) is 0 Å². The highest BCUT2D eigenvalue weighted by Crippen LogP contribution is 2.41. The van der Waals surface area contributed by atoms with Crippen molar-refractivity contribution in [3.8, 4) is 22.3 Å². The topological polar surface area (TPSA) is 38.9 Å². The van der Waals surface area contributed by atoms with Crippen molar-refractivity contribution in [1.29, 1.82) is 0 Å². The van der Waals surface area contributed by atoms with Gasteiger partial charge in [-0.25, -0.2) is 0 Å². The van der Waals surface area contributed by atoms with Gasteiger partial charge in [0.2, 0.25) is 8.07 Å². The molecule has 0 aliphatic carbocycles. The number of nitrogens with zero attached hydrogens (tertiary/aromatic N) is 2. The summed E-state index contributed by atoms with van der Waals surface area (Å²) in [5, 5.41) is 14.6. The first-order valence-corrected chi connectivity index (χ1v) is 26.2. The summed E-state index contributed by atoms with van der Waals surface area (Å²) in [7, 11) is -3.22. The average molecular weight is 899 g/mol. The van der Waals surface area contributed by atoms with E-state index in [1.54, 1.807) is 0 Å². The monoisotopic (exact) mass is 898 g/mol. The summed E-state index contributed by atoms with van der Waals surface area (Å²) in [6, 6.07) is 71.2. The molecule has 0 amide bonds. The van der Waals surface area contributed by atoms with E-state index in [0.717, 1.165) is 32.6 Å². The predicted octanol–water partition coefficient (Wildman–Crippen LogP) is 14.2. The van der Waals surface area contributed by atoms with Crippen LogP contribution >= 0.6 is 34.0 Å². The largest absolute Gasteiger partial charge is 0.456 e. The van der Waals surface area contributed by atoms with Gasteiger partial charge in [0.15, 0.2) is 0 Å². The molecule has 6 aromatic heterocycles. The van der Waals surface area contributed by atoms with Crippen LogP contribution in [0.1, 0.15) is 0 Å². The minimum absolute atomic E-state index is 0.906. The van der Waals surface area contributed by atoms with Crippen LogP contribution in [-0.2, 0) is 0 Å². The first-order valence-electron chi connectivity index (χ1n) is 21.8. The molecule has 6 heterocycles. The standard InChI is InChI=1S/C58H34N2OS3Si/c1-3-11-39(12-4-1)65(40-13-5-2-6-14-40,57-55-43(27-29-59-57)47-33-37(21-25-53(47)63-55)35-19-23-50-45(31-35)41-15-7-9-17-49(41)61-50)58-56-44(28-30-60-58)48-34-38(22-26-54(48)64-56)36-20-24-52-46(32-36)42-16-8-10-18-51(42)62-52/h1-34H. The van der Waals surface area contributed by atoms with E-state index in [0.29, 0.717) is 0 Å². The van der Waals surface area contributed by atoms with E-state index in [-0.39, 0.29) is 0 Å². The SMILES string of the molecule is c1ccc([Si](c2ccccc2)(c2nccc3c2sc2ccc(-c4ccc5oc6ccccc6c5c4)cc23)c2nccc3c2sc2ccc(-c4ccc5sc6ccccc6c5c4)cc23)cc1. The molecule has 7 heteroatoms. The Labute approximate surface area is 386 Å². The molecule has 14 aromatic rings. The van der Waals surface area contributed by atoms with Crippen molar-refractivity contribution in [1.82, 2.24) is 9.97 Å². The Morgan fingerprint density at radius 2 is 0.754 bits per heavy atom. The van der Waals surface area contributed by atoms with Gasteiger partial charge in [-0.3, -0.25) is 9.97 Å². The maximum absolute atomic E-state index is 6.20. The minimum atomic E-state index is -3.22. The lowest BCUT2D eigenvalue weighted by molar-refractivity contribution is 0.669. The number of benzene rings is 8. The molecule has 0 saturated heterocycles. The maximum Gasteiger partial charge on any atom is 0.227 e.